The van der Waals surface area contributed by atoms with Crippen molar-refractivity contribution >= 4 is 11.0 Å². The molecule has 154 valence electrons. The van der Waals surface area contributed by atoms with Crippen LogP contribution in [0.15, 0.2) is 72.8 Å². The zero-order chi connectivity index (χ0) is 20.9. The number of rotatable bonds is 8. The highest BCUT2D eigenvalue weighted by Crippen LogP contribution is 2.20. The molecule has 0 radical (unpaired) electrons. The van der Waals surface area contributed by atoms with E-state index < -0.39 is 6.10 Å². The summed E-state index contributed by atoms with van der Waals surface area (Å²) in [6.07, 6.45) is -0.681. The Morgan fingerprint density at radius 2 is 1.63 bits per heavy atom. The molecule has 5 heteroatoms. The quantitative estimate of drug-likeness (QED) is 0.465. The zero-order valence-corrected chi connectivity index (χ0v) is 17.3. The Hall–Kier alpha value is -3.31. The van der Waals surface area contributed by atoms with Crippen LogP contribution in [0.1, 0.15) is 17.0 Å². The average molecular weight is 402 g/mol. The van der Waals surface area contributed by atoms with E-state index in [1.54, 1.807) is 0 Å². The van der Waals surface area contributed by atoms with E-state index >= 15 is 0 Å². The number of nitrogens with zero attached hydrogens (tertiary/aromatic N) is 2. The van der Waals surface area contributed by atoms with E-state index in [1.807, 2.05) is 77.4 Å². The Morgan fingerprint density at radius 3 is 2.43 bits per heavy atom. The van der Waals surface area contributed by atoms with Gasteiger partial charge in [-0.25, -0.2) is 4.98 Å². The Morgan fingerprint density at radius 1 is 0.867 bits per heavy atom. The Labute approximate surface area is 176 Å². The number of aliphatic hydroxyl groups excluding tert-OH is 1. The third kappa shape index (κ3) is 4.63. The summed E-state index contributed by atoms with van der Waals surface area (Å²) in [5, 5.41) is 10.7. The van der Waals surface area contributed by atoms with Crippen LogP contribution < -0.4 is 9.47 Å². The standard InChI is InChI=1S/C25H26N2O3/c1-18-12-13-22(14-19(18)2)29-16-20(28)15-27-24-11-7-6-10-23(24)26-25(27)17-30-21-8-4-3-5-9-21/h3-14,20,28H,15-17H2,1-2H3/t20-/m1/s1. The van der Waals surface area contributed by atoms with Crippen molar-refractivity contribution in [1.82, 2.24) is 9.55 Å². The first-order chi connectivity index (χ1) is 14.6. The highest BCUT2D eigenvalue weighted by molar-refractivity contribution is 5.75. The number of para-hydroxylation sites is 3. The molecule has 4 rings (SSSR count). The Bertz CT molecular complexity index is 1120. The lowest BCUT2D eigenvalue weighted by molar-refractivity contribution is 0.0917. The summed E-state index contributed by atoms with van der Waals surface area (Å²) in [5.74, 6) is 2.32. The van der Waals surface area contributed by atoms with Crippen molar-refractivity contribution in [1.29, 1.82) is 0 Å². The van der Waals surface area contributed by atoms with Gasteiger partial charge in [0.1, 0.15) is 36.6 Å². The minimum atomic E-state index is -0.681. The van der Waals surface area contributed by atoms with E-state index in [-0.39, 0.29) is 6.61 Å². The first-order valence-corrected chi connectivity index (χ1v) is 10.1. The molecule has 1 N–H and O–H groups in total. The highest BCUT2D eigenvalue weighted by Gasteiger charge is 2.15. The summed E-state index contributed by atoms with van der Waals surface area (Å²) in [6, 6.07) is 23.5. The predicted molar refractivity (Wildman–Crippen MR) is 118 cm³/mol. The van der Waals surface area contributed by atoms with Crippen molar-refractivity contribution in [2.24, 2.45) is 0 Å². The molecule has 0 bridgehead atoms. The summed E-state index contributed by atoms with van der Waals surface area (Å²) in [6.45, 7) is 5.02. The number of aliphatic hydroxyl groups is 1. The normalized spacial score (nSPS) is 12.1. The van der Waals surface area contributed by atoms with Gasteiger partial charge in [0.25, 0.3) is 0 Å². The van der Waals surface area contributed by atoms with Crippen LogP contribution in [0.5, 0.6) is 11.5 Å². The predicted octanol–water partition coefficient (Wildman–Crippen LogP) is 4.67. The van der Waals surface area contributed by atoms with Crippen LogP contribution in [0.2, 0.25) is 0 Å². The number of hydrogen-bond donors (Lipinski definition) is 1. The molecular formula is C25H26N2O3. The minimum Gasteiger partial charge on any atom is -0.491 e. The fourth-order valence-electron chi connectivity index (χ4n) is 3.36. The topological polar surface area (TPSA) is 56.5 Å². The Kier molecular flexibility index (Phi) is 6.00. The molecule has 1 heterocycles. The molecule has 0 unspecified atom stereocenters. The summed E-state index contributed by atoms with van der Waals surface area (Å²) < 4.78 is 13.7. The lowest BCUT2D eigenvalue weighted by Gasteiger charge is -2.16. The van der Waals surface area contributed by atoms with Crippen LogP contribution in [0, 0.1) is 13.8 Å². The SMILES string of the molecule is Cc1ccc(OC[C@H](O)Cn2c(COc3ccccc3)nc3ccccc32)cc1C. The fourth-order valence-corrected chi connectivity index (χ4v) is 3.36. The van der Waals surface area contributed by atoms with E-state index in [1.165, 1.54) is 11.1 Å². The molecule has 1 atom stereocenters. The van der Waals surface area contributed by atoms with Crippen molar-refractivity contribution < 1.29 is 14.6 Å². The minimum absolute atomic E-state index is 0.202. The van der Waals surface area contributed by atoms with Gasteiger partial charge in [-0.3, -0.25) is 0 Å². The van der Waals surface area contributed by atoms with Gasteiger partial charge < -0.3 is 19.1 Å². The lowest BCUT2D eigenvalue weighted by Crippen LogP contribution is -2.25. The van der Waals surface area contributed by atoms with Crippen molar-refractivity contribution in [3.8, 4) is 11.5 Å². The van der Waals surface area contributed by atoms with Crippen LogP contribution in [-0.2, 0) is 13.2 Å². The maximum atomic E-state index is 10.7. The van der Waals surface area contributed by atoms with Gasteiger partial charge in [-0.2, -0.15) is 0 Å². The van der Waals surface area contributed by atoms with Crippen molar-refractivity contribution in [3.05, 3.63) is 89.7 Å². The molecule has 0 spiro atoms. The smallest absolute Gasteiger partial charge is 0.148 e. The lowest BCUT2D eigenvalue weighted by atomic mass is 10.1. The molecule has 0 aliphatic carbocycles. The molecule has 0 fully saturated rings. The molecule has 0 aliphatic heterocycles. The molecular weight excluding hydrogens is 376 g/mol. The number of benzene rings is 3. The number of hydrogen-bond acceptors (Lipinski definition) is 4. The Balaban J connectivity index is 1.48. The molecule has 4 aromatic rings. The monoisotopic (exact) mass is 402 g/mol. The van der Waals surface area contributed by atoms with E-state index in [0.29, 0.717) is 13.2 Å². The highest BCUT2D eigenvalue weighted by atomic mass is 16.5. The molecule has 3 aromatic carbocycles. The second-order valence-electron chi connectivity index (χ2n) is 7.44. The molecule has 0 aliphatic rings. The van der Waals surface area contributed by atoms with Gasteiger partial charge in [0.05, 0.1) is 17.6 Å². The van der Waals surface area contributed by atoms with Crippen LogP contribution >= 0.6 is 0 Å². The molecule has 5 nitrogen and oxygen atoms in total. The molecule has 0 saturated heterocycles. The van der Waals surface area contributed by atoms with Crippen LogP contribution in [-0.4, -0.2) is 27.4 Å². The van der Waals surface area contributed by atoms with Crippen molar-refractivity contribution in [2.75, 3.05) is 6.61 Å². The van der Waals surface area contributed by atoms with Gasteiger partial charge >= 0.3 is 0 Å². The van der Waals surface area contributed by atoms with Crippen LogP contribution in [0.3, 0.4) is 0 Å². The van der Waals surface area contributed by atoms with Crippen molar-refractivity contribution in [2.45, 2.75) is 33.1 Å². The fraction of sp³-hybridized carbons (Fsp3) is 0.240. The first-order valence-electron chi connectivity index (χ1n) is 10.1. The number of aromatic nitrogens is 2. The summed E-state index contributed by atoms with van der Waals surface area (Å²) >= 11 is 0. The largest absolute Gasteiger partial charge is 0.491 e. The third-order valence-corrected chi connectivity index (χ3v) is 5.16. The van der Waals surface area contributed by atoms with E-state index in [4.69, 9.17) is 14.5 Å². The second kappa shape index (κ2) is 9.01. The molecule has 30 heavy (non-hydrogen) atoms. The van der Waals surface area contributed by atoms with Crippen LogP contribution in [0.4, 0.5) is 0 Å². The van der Waals surface area contributed by atoms with Gasteiger partial charge in [0.2, 0.25) is 0 Å². The van der Waals surface area contributed by atoms with E-state index in [2.05, 4.69) is 13.8 Å². The first kappa shape index (κ1) is 20.0. The number of aryl methyl sites for hydroxylation is 2. The van der Waals surface area contributed by atoms with Gasteiger partial charge in [0.15, 0.2) is 0 Å². The third-order valence-electron chi connectivity index (χ3n) is 5.16. The van der Waals surface area contributed by atoms with Crippen LogP contribution in [0.25, 0.3) is 11.0 Å². The molecule has 0 saturated carbocycles. The maximum Gasteiger partial charge on any atom is 0.148 e. The molecule has 0 amide bonds. The summed E-state index contributed by atoms with van der Waals surface area (Å²) in [7, 11) is 0. The number of ether oxygens (including phenoxy) is 2. The zero-order valence-electron chi connectivity index (χ0n) is 17.3. The van der Waals surface area contributed by atoms with E-state index in [0.717, 1.165) is 28.4 Å². The number of imidazole rings is 1. The number of fused-ring (bicyclic) bond motifs is 1. The maximum absolute atomic E-state index is 10.7. The van der Waals surface area contributed by atoms with Crippen molar-refractivity contribution in [3.63, 3.8) is 0 Å². The van der Waals surface area contributed by atoms with E-state index in [9.17, 15) is 5.11 Å². The van der Waals surface area contributed by atoms with Gasteiger partial charge in [-0.15, -0.1) is 0 Å². The molecule has 1 aromatic heterocycles. The van der Waals surface area contributed by atoms with Gasteiger partial charge in [0, 0.05) is 0 Å². The summed E-state index contributed by atoms with van der Waals surface area (Å²) in [5.41, 5.74) is 4.24. The second-order valence-corrected chi connectivity index (χ2v) is 7.44. The van der Waals surface area contributed by atoms with Gasteiger partial charge in [-0.05, 0) is 61.4 Å². The summed E-state index contributed by atoms with van der Waals surface area (Å²) in [4.78, 5) is 4.71. The van der Waals surface area contributed by atoms with Gasteiger partial charge in [-0.1, -0.05) is 36.4 Å². The average Bonchev–Trinajstić information content (AvgIpc) is 3.11.